The smallest absolute Gasteiger partial charge is 0.277 e. The van der Waals surface area contributed by atoms with Gasteiger partial charge in [-0.2, -0.15) is 9.50 Å². The predicted molar refractivity (Wildman–Crippen MR) is 130 cm³/mol. The second kappa shape index (κ2) is 9.87. The molecule has 0 saturated carbocycles. The number of H-pyrrole nitrogens is 1. The van der Waals surface area contributed by atoms with E-state index < -0.39 is 0 Å². The molecule has 0 saturated heterocycles. The first kappa shape index (κ1) is 22.5. The van der Waals surface area contributed by atoms with Crippen molar-refractivity contribution in [2.45, 2.75) is 39.7 Å². The summed E-state index contributed by atoms with van der Waals surface area (Å²) in [6.07, 6.45) is 1.29. The number of aromatic amines is 1. The van der Waals surface area contributed by atoms with Gasteiger partial charge in [-0.05, 0) is 49.1 Å². The largest absolute Gasteiger partial charge is 0.351 e. The van der Waals surface area contributed by atoms with Crippen molar-refractivity contribution in [3.05, 3.63) is 86.3 Å². The Morgan fingerprint density at radius 3 is 2.64 bits per heavy atom. The van der Waals surface area contributed by atoms with Gasteiger partial charge in [0.25, 0.3) is 11.3 Å². The van der Waals surface area contributed by atoms with Gasteiger partial charge >= 0.3 is 0 Å². The lowest BCUT2D eigenvalue weighted by Gasteiger charge is -2.10. The fraction of sp³-hybridized carbons (Fsp3) is 0.250. The molecule has 9 heteroatoms. The van der Waals surface area contributed by atoms with Crippen molar-refractivity contribution in [1.29, 1.82) is 0 Å². The summed E-state index contributed by atoms with van der Waals surface area (Å²) in [6, 6.07) is 15.2. The summed E-state index contributed by atoms with van der Waals surface area (Å²) in [4.78, 5) is 34.3. The SMILES string of the molecule is CCc1ccccc1NC(=O)CCc1c(C)nc2nc(NCc3ccc(Cl)cc3)[nH]n2c1=O. The first-order valence-electron chi connectivity index (χ1n) is 10.8. The topological polar surface area (TPSA) is 104 Å². The number of benzene rings is 2. The van der Waals surface area contributed by atoms with E-state index >= 15 is 0 Å². The Hall–Kier alpha value is -3.65. The van der Waals surface area contributed by atoms with Crippen molar-refractivity contribution < 1.29 is 4.79 Å². The van der Waals surface area contributed by atoms with E-state index in [0.29, 0.717) is 28.8 Å². The second-order valence-corrected chi connectivity index (χ2v) is 8.16. The van der Waals surface area contributed by atoms with Gasteiger partial charge in [-0.3, -0.25) is 14.7 Å². The summed E-state index contributed by atoms with van der Waals surface area (Å²) >= 11 is 5.92. The maximum Gasteiger partial charge on any atom is 0.277 e. The molecule has 2 heterocycles. The minimum Gasteiger partial charge on any atom is -0.351 e. The van der Waals surface area contributed by atoms with E-state index in [9.17, 15) is 9.59 Å². The van der Waals surface area contributed by atoms with Crippen LogP contribution in [0, 0.1) is 6.92 Å². The maximum absolute atomic E-state index is 13.0. The van der Waals surface area contributed by atoms with E-state index in [4.69, 9.17) is 11.6 Å². The van der Waals surface area contributed by atoms with E-state index in [1.807, 2.05) is 55.5 Å². The Morgan fingerprint density at radius 1 is 1.12 bits per heavy atom. The summed E-state index contributed by atoms with van der Waals surface area (Å²) < 4.78 is 1.30. The van der Waals surface area contributed by atoms with Crippen LogP contribution in [-0.2, 0) is 24.2 Å². The van der Waals surface area contributed by atoms with Crippen LogP contribution in [0.25, 0.3) is 5.78 Å². The van der Waals surface area contributed by atoms with Gasteiger partial charge < -0.3 is 10.6 Å². The lowest BCUT2D eigenvalue weighted by Crippen LogP contribution is -2.23. The quantitative estimate of drug-likeness (QED) is 0.364. The van der Waals surface area contributed by atoms with Crippen LogP contribution in [0.4, 0.5) is 11.6 Å². The van der Waals surface area contributed by atoms with Crippen molar-refractivity contribution >= 4 is 34.9 Å². The number of halogens is 1. The van der Waals surface area contributed by atoms with Gasteiger partial charge in [0.1, 0.15) is 0 Å². The van der Waals surface area contributed by atoms with Crippen LogP contribution in [0.2, 0.25) is 5.02 Å². The van der Waals surface area contributed by atoms with Crippen LogP contribution >= 0.6 is 11.6 Å². The summed E-state index contributed by atoms with van der Waals surface area (Å²) in [5, 5.41) is 9.71. The lowest BCUT2D eigenvalue weighted by atomic mass is 10.1. The van der Waals surface area contributed by atoms with Crippen LogP contribution < -0.4 is 16.2 Å². The van der Waals surface area contributed by atoms with Gasteiger partial charge in [0, 0.05) is 29.2 Å². The van der Waals surface area contributed by atoms with Crippen LogP contribution in [0.5, 0.6) is 0 Å². The monoisotopic (exact) mass is 464 g/mol. The van der Waals surface area contributed by atoms with E-state index in [1.54, 1.807) is 6.92 Å². The molecule has 0 fully saturated rings. The zero-order chi connectivity index (χ0) is 23.4. The number of fused-ring (bicyclic) bond motifs is 1. The van der Waals surface area contributed by atoms with E-state index in [-0.39, 0.29) is 30.1 Å². The fourth-order valence-corrected chi connectivity index (χ4v) is 3.74. The molecule has 0 aliphatic carbocycles. The number of amides is 1. The number of anilines is 2. The molecule has 0 radical (unpaired) electrons. The van der Waals surface area contributed by atoms with Crippen molar-refractivity contribution in [3.8, 4) is 0 Å². The third-order valence-electron chi connectivity index (χ3n) is 5.44. The number of rotatable bonds is 8. The van der Waals surface area contributed by atoms with Crippen molar-refractivity contribution in [3.63, 3.8) is 0 Å². The van der Waals surface area contributed by atoms with Crippen molar-refractivity contribution in [2.75, 3.05) is 10.6 Å². The first-order chi connectivity index (χ1) is 15.9. The summed E-state index contributed by atoms with van der Waals surface area (Å²) in [6.45, 7) is 4.31. The van der Waals surface area contributed by atoms with Gasteiger partial charge in [-0.25, -0.2) is 4.98 Å². The highest BCUT2D eigenvalue weighted by Gasteiger charge is 2.15. The first-order valence-corrected chi connectivity index (χ1v) is 11.2. The Bertz CT molecular complexity index is 1340. The molecule has 0 aliphatic rings. The van der Waals surface area contributed by atoms with Gasteiger partial charge in [0.15, 0.2) is 0 Å². The van der Waals surface area contributed by atoms with Crippen molar-refractivity contribution in [2.24, 2.45) is 0 Å². The van der Waals surface area contributed by atoms with E-state index in [2.05, 4.69) is 25.7 Å². The predicted octanol–water partition coefficient (Wildman–Crippen LogP) is 4.13. The Balaban J connectivity index is 1.46. The summed E-state index contributed by atoms with van der Waals surface area (Å²) in [7, 11) is 0. The molecule has 0 unspecified atom stereocenters. The lowest BCUT2D eigenvalue weighted by molar-refractivity contribution is -0.116. The third kappa shape index (κ3) is 5.23. The molecule has 0 atom stereocenters. The average Bonchev–Trinajstić information content (AvgIpc) is 3.22. The minimum absolute atomic E-state index is 0.144. The molecule has 1 amide bonds. The number of hydrogen-bond acceptors (Lipinski definition) is 5. The van der Waals surface area contributed by atoms with Crippen LogP contribution in [0.1, 0.15) is 35.7 Å². The molecule has 8 nitrogen and oxygen atoms in total. The van der Waals surface area contributed by atoms with Crippen molar-refractivity contribution in [1.82, 2.24) is 19.6 Å². The number of carbonyl (C=O) groups excluding carboxylic acids is 1. The standard InChI is InChI=1S/C24H25ClN6O2/c1-3-17-6-4-5-7-20(17)28-21(32)13-12-19-15(2)27-24-29-23(30-31(24)22(19)33)26-14-16-8-10-18(25)11-9-16/h4-11H,3,12-14H2,1-2H3,(H,28,32)(H2,26,27,29,30). The molecule has 0 aliphatic heterocycles. The fourth-order valence-electron chi connectivity index (χ4n) is 3.61. The number of carbonyl (C=O) groups is 1. The minimum atomic E-state index is -0.258. The summed E-state index contributed by atoms with van der Waals surface area (Å²) in [5.74, 6) is 0.566. The van der Waals surface area contributed by atoms with E-state index in [0.717, 1.165) is 23.2 Å². The third-order valence-corrected chi connectivity index (χ3v) is 5.69. The van der Waals surface area contributed by atoms with Gasteiger partial charge in [0.05, 0.1) is 5.69 Å². The van der Waals surface area contributed by atoms with E-state index in [1.165, 1.54) is 4.52 Å². The Morgan fingerprint density at radius 2 is 1.88 bits per heavy atom. The molecule has 4 aromatic rings. The molecule has 170 valence electrons. The van der Waals surface area contributed by atoms with Crippen LogP contribution in [-0.4, -0.2) is 25.5 Å². The molecular weight excluding hydrogens is 440 g/mol. The number of aromatic nitrogens is 4. The normalized spacial score (nSPS) is 11.0. The molecule has 33 heavy (non-hydrogen) atoms. The van der Waals surface area contributed by atoms with Gasteiger partial charge in [0.2, 0.25) is 11.9 Å². The van der Waals surface area contributed by atoms with Gasteiger partial charge in [-0.15, -0.1) is 0 Å². The second-order valence-electron chi connectivity index (χ2n) is 7.73. The molecule has 0 spiro atoms. The highest BCUT2D eigenvalue weighted by atomic mass is 35.5. The Labute approximate surface area is 196 Å². The number of aryl methyl sites for hydroxylation is 2. The average molecular weight is 465 g/mol. The molecule has 2 aromatic heterocycles. The molecule has 0 bridgehead atoms. The van der Waals surface area contributed by atoms with Crippen LogP contribution in [0.15, 0.2) is 53.3 Å². The van der Waals surface area contributed by atoms with Gasteiger partial charge in [-0.1, -0.05) is 48.9 Å². The Kier molecular flexibility index (Phi) is 6.74. The number of para-hydroxylation sites is 1. The molecule has 3 N–H and O–H groups in total. The zero-order valence-electron chi connectivity index (χ0n) is 18.5. The molecule has 2 aromatic carbocycles. The highest BCUT2D eigenvalue weighted by molar-refractivity contribution is 6.30. The zero-order valence-corrected chi connectivity index (χ0v) is 19.2. The summed E-state index contributed by atoms with van der Waals surface area (Å²) in [5.41, 5.74) is 3.69. The molecule has 4 rings (SSSR count). The van der Waals surface area contributed by atoms with Crippen LogP contribution in [0.3, 0.4) is 0 Å². The maximum atomic E-state index is 13.0. The molecular formula is C24H25ClN6O2. The highest BCUT2D eigenvalue weighted by Crippen LogP contribution is 2.16. The number of nitrogens with one attached hydrogen (secondary N) is 3. The number of hydrogen-bond donors (Lipinski definition) is 3. The number of nitrogens with zero attached hydrogens (tertiary/aromatic N) is 3.